The summed E-state index contributed by atoms with van der Waals surface area (Å²) in [7, 11) is 0. The van der Waals surface area contributed by atoms with E-state index in [-0.39, 0.29) is 6.54 Å². The Hall–Kier alpha value is -1.87. The van der Waals surface area contributed by atoms with Gasteiger partial charge >= 0.3 is 12.2 Å². The van der Waals surface area contributed by atoms with Crippen molar-refractivity contribution in [1.29, 1.82) is 0 Å². The average molecular weight is 336 g/mol. The molecule has 0 atom stereocenters. The molecule has 23 heavy (non-hydrogen) atoms. The molecule has 2 rings (SSSR count). The molecule has 0 bridgehead atoms. The maximum absolute atomic E-state index is 13.0. The van der Waals surface area contributed by atoms with E-state index in [1.807, 2.05) is 5.32 Å². The number of urea groups is 1. The minimum Gasteiger partial charge on any atom is -0.388 e. The quantitative estimate of drug-likeness (QED) is 0.743. The lowest BCUT2D eigenvalue weighted by Crippen LogP contribution is -2.47. The lowest BCUT2D eigenvalue weighted by Gasteiger charge is -2.32. The van der Waals surface area contributed by atoms with E-state index in [0.29, 0.717) is 32.1 Å². The number of hydrogen-bond acceptors (Lipinski definition) is 3. The van der Waals surface area contributed by atoms with Crippen molar-refractivity contribution in [3.8, 4) is 0 Å². The Morgan fingerprint density at radius 2 is 1.96 bits per heavy atom. The zero-order valence-electron chi connectivity index (χ0n) is 12.0. The standard InChI is InChI=1S/C14H16F4N2O3/c15-9-1-2-11(10(7-9)14(16,17)18)20-12(21)19-8-13(22)3-5-23-6-4-13/h1-2,7,22H,3-6,8H2,(H2,19,20,21). The molecule has 9 heteroatoms. The number of carbonyl (C=O) groups is 1. The molecular formula is C14H16F4N2O3. The molecule has 0 radical (unpaired) electrons. The summed E-state index contributed by atoms with van der Waals surface area (Å²) in [5.41, 5.74) is -2.99. The summed E-state index contributed by atoms with van der Waals surface area (Å²) >= 11 is 0. The highest BCUT2D eigenvalue weighted by molar-refractivity contribution is 5.90. The minimum absolute atomic E-state index is 0.120. The first-order valence-electron chi connectivity index (χ1n) is 6.91. The Bertz CT molecular complexity index is 572. The van der Waals surface area contributed by atoms with Gasteiger partial charge in [-0.3, -0.25) is 0 Å². The zero-order chi connectivity index (χ0) is 17.1. The van der Waals surface area contributed by atoms with Gasteiger partial charge in [0.05, 0.1) is 16.9 Å². The summed E-state index contributed by atoms with van der Waals surface area (Å²) in [6.45, 7) is 0.566. The van der Waals surface area contributed by atoms with Crippen molar-refractivity contribution in [1.82, 2.24) is 5.32 Å². The highest BCUT2D eigenvalue weighted by atomic mass is 19.4. The van der Waals surface area contributed by atoms with Crippen LogP contribution < -0.4 is 10.6 Å². The normalized spacial score (nSPS) is 17.6. The molecule has 3 N–H and O–H groups in total. The second-order valence-corrected chi connectivity index (χ2v) is 5.33. The molecule has 1 saturated heterocycles. The fourth-order valence-corrected chi connectivity index (χ4v) is 2.20. The first kappa shape index (κ1) is 17.5. The van der Waals surface area contributed by atoms with Crippen molar-refractivity contribution in [2.24, 2.45) is 0 Å². The van der Waals surface area contributed by atoms with E-state index in [0.717, 1.165) is 12.1 Å². The molecule has 0 unspecified atom stereocenters. The maximum atomic E-state index is 13.0. The van der Waals surface area contributed by atoms with Gasteiger partial charge in [-0.15, -0.1) is 0 Å². The van der Waals surface area contributed by atoms with Crippen molar-refractivity contribution in [3.63, 3.8) is 0 Å². The molecule has 1 aliphatic heterocycles. The number of hydrogen-bond donors (Lipinski definition) is 3. The Morgan fingerprint density at radius 3 is 2.57 bits per heavy atom. The van der Waals surface area contributed by atoms with Crippen molar-refractivity contribution >= 4 is 11.7 Å². The van der Waals surface area contributed by atoms with Gasteiger partial charge in [0.25, 0.3) is 0 Å². The largest absolute Gasteiger partial charge is 0.418 e. The molecule has 5 nitrogen and oxygen atoms in total. The number of carbonyl (C=O) groups excluding carboxylic acids is 1. The van der Waals surface area contributed by atoms with Crippen LogP contribution in [0.4, 0.5) is 28.0 Å². The Labute approximate surface area is 129 Å². The van der Waals surface area contributed by atoms with E-state index < -0.39 is 34.9 Å². The van der Waals surface area contributed by atoms with Crippen molar-refractivity contribution in [2.45, 2.75) is 24.6 Å². The molecule has 1 aliphatic rings. The van der Waals surface area contributed by atoms with Crippen molar-refractivity contribution < 1.29 is 32.2 Å². The Balaban J connectivity index is 2.00. The van der Waals surface area contributed by atoms with Crippen LogP contribution in [-0.4, -0.2) is 36.5 Å². The lowest BCUT2D eigenvalue weighted by molar-refractivity contribution is -0.137. The third kappa shape index (κ3) is 4.80. The van der Waals surface area contributed by atoms with Gasteiger partial charge in [0.1, 0.15) is 5.82 Å². The zero-order valence-corrected chi connectivity index (χ0v) is 12.0. The van der Waals surface area contributed by atoms with Crippen LogP contribution in [0.1, 0.15) is 18.4 Å². The third-order valence-electron chi connectivity index (χ3n) is 3.54. The summed E-state index contributed by atoms with van der Waals surface area (Å²) < 4.78 is 56.5. The molecule has 0 aliphatic carbocycles. The second-order valence-electron chi connectivity index (χ2n) is 5.33. The topological polar surface area (TPSA) is 70.6 Å². The first-order chi connectivity index (χ1) is 10.7. The van der Waals surface area contributed by atoms with Gasteiger partial charge in [-0.2, -0.15) is 13.2 Å². The Morgan fingerprint density at radius 1 is 1.30 bits per heavy atom. The van der Waals surface area contributed by atoms with Crippen LogP contribution in [0.15, 0.2) is 18.2 Å². The van der Waals surface area contributed by atoms with Gasteiger partial charge in [0.15, 0.2) is 0 Å². The molecule has 1 aromatic carbocycles. The van der Waals surface area contributed by atoms with Crippen LogP contribution in [0.5, 0.6) is 0 Å². The minimum atomic E-state index is -4.80. The predicted molar refractivity (Wildman–Crippen MR) is 73.4 cm³/mol. The number of nitrogens with one attached hydrogen (secondary N) is 2. The van der Waals surface area contributed by atoms with Crippen LogP contribution in [0.3, 0.4) is 0 Å². The summed E-state index contributed by atoms with van der Waals surface area (Å²) in [5.74, 6) is -1.06. The highest BCUT2D eigenvalue weighted by Crippen LogP contribution is 2.35. The number of halogens is 4. The van der Waals surface area contributed by atoms with Gasteiger partial charge < -0.3 is 20.5 Å². The van der Waals surface area contributed by atoms with E-state index in [2.05, 4.69) is 5.32 Å². The monoisotopic (exact) mass is 336 g/mol. The van der Waals surface area contributed by atoms with Gasteiger partial charge in [-0.25, -0.2) is 9.18 Å². The molecule has 1 fully saturated rings. The molecule has 1 heterocycles. The number of ether oxygens (including phenoxy) is 1. The molecule has 128 valence electrons. The van der Waals surface area contributed by atoms with Crippen LogP contribution in [0.25, 0.3) is 0 Å². The second kappa shape index (κ2) is 6.71. The van der Waals surface area contributed by atoms with Gasteiger partial charge in [0, 0.05) is 32.6 Å². The summed E-state index contributed by atoms with van der Waals surface area (Å²) in [6.07, 6.45) is -4.17. The van der Waals surface area contributed by atoms with E-state index in [4.69, 9.17) is 4.74 Å². The number of benzene rings is 1. The predicted octanol–water partition coefficient (Wildman–Crippen LogP) is 2.51. The molecule has 0 aromatic heterocycles. The van der Waals surface area contributed by atoms with Crippen LogP contribution in [0.2, 0.25) is 0 Å². The molecule has 2 amide bonds. The van der Waals surface area contributed by atoms with Gasteiger partial charge in [-0.05, 0) is 18.2 Å². The molecule has 0 spiro atoms. The number of alkyl halides is 3. The fourth-order valence-electron chi connectivity index (χ4n) is 2.20. The highest BCUT2D eigenvalue weighted by Gasteiger charge is 2.35. The van der Waals surface area contributed by atoms with E-state index >= 15 is 0 Å². The summed E-state index contributed by atoms with van der Waals surface area (Å²) in [6, 6.07) is 1.04. The summed E-state index contributed by atoms with van der Waals surface area (Å²) in [4.78, 5) is 11.7. The summed E-state index contributed by atoms with van der Waals surface area (Å²) in [5, 5.41) is 14.5. The van der Waals surface area contributed by atoms with E-state index in [1.54, 1.807) is 0 Å². The molecule has 1 aromatic rings. The Kier molecular flexibility index (Phi) is 5.10. The van der Waals surface area contributed by atoms with Gasteiger partial charge in [-0.1, -0.05) is 0 Å². The van der Waals surface area contributed by atoms with Crippen LogP contribution in [-0.2, 0) is 10.9 Å². The first-order valence-corrected chi connectivity index (χ1v) is 6.91. The van der Waals surface area contributed by atoms with Gasteiger partial charge in [0.2, 0.25) is 0 Å². The van der Waals surface area contributed by atoms with Crippen LogP contribution in [0, 0.1) is 5.82 Å². The van der Waals surface area contributed by atoms with Crippen molar-refractivity contribution in [3.05, 3.63) is 29.6 Å². The van der Waals surface area contributed by atoms with E-state index in [1.165, 1.54) is 0 Å². The number of amides is 2. The van der Waals surface area contributed by atoms with Crippen molar-refractivity contribution in [2.75, 3.05) is 25.1 Å². The third-order valence-corrected chi connectivity index (χ3v) is 3.54. The smallest absolute Gasteiger partial charge is 0.388 e. The fraction of sp³-hybridized carbons (Fsp3) is 0.500. The number of rotatable bonds is 3. The van der Waals surface area contributed by atoms with E-state index in [9.17, 15) is 27.5 Å². The maximum Gasteiger partial charge on any atom is 0.418 e. The molecule has 0 saturated carbocycles. The average Bonchev–Trinajstić information content (AvgIpc) is 2.47. The number of aliphatic hydroxyl groups is 1. The number of anilines is 1. The lowest BCUT2D eigenvalue weighted by atomic mass is 9.94. The molecular weight excluding hydrogens is 320 g/mol. The SMILES string of the molecule is O=C(NCC1(O)CCOCC1)Nc1ccc(F)cc1C(F)(F)F. The van der Waals surface area contributed by atoms with Crippen LogP contribution >= 0.6 is 0 Å².